The number of aromatic nitrogens is 2. The van der Waals surface area contributed by atoms with Crippen molar-refractivity contribution in [1.29, 1.82) is 0 Å². The van der Waals surface area contributed by atoms with Gasteiger partial charge in [-0.2, -0.15) is 4.68 Å². The number of nitrogens with one attached hydrogen (secondary N) is 1. The Morgan fingerprint density at radius 1 is 1.07 bits per heavy atom. The van der Waals surface area contributed by atoms with Gasteiger partial charge in [0.05, 0.1) is 6.04 Å². The quantitative estimate of drug-likeness (QED) is 0.705. The number of nitrogens with zero attached hydrogens (tertiary/aromatic N) is 2. The Balaban J connectivity index is 1.66. The van der Waals surface area contributed by atoms with E-state index in [-0.39, 0.29) is 24.4 Å². The molecule has 1 aromatic heterocycles. The van der Waals surface area contributed by atoms with Crippen molar-refractivity contribution in [1.82, 2.24) is 15.1 Å². The van der Waals surface area contributed by atoms with Gasteiger partial charge in [0.15, 0.2) is 0 Å². The largest absolute Gasteiger partial charge is 0.437 e. The van der Waals surface area contributed by atoms with Crippen LogP contribution in [0.1, 0.15) is 43.9 Å². The van der Waals surface area contributed by atoms with Crippen LogP contribution in [0, 0.1) is 5.82 Å². The number of carbonyl (C=O) groups excluding carboxylic acids is 1. The molecule has 0 spiro atoms. The summed E-state index contributed by atoms with van der Waals surface area (Å²) in [5, 5.41) is 6.86. The van der Waals surface area contributed by atoms with E-state index in [1.165, 1.54) is 29.8 Å². The van der Waals surface area contributed by atoms with Gasteiger partial charge in [0, 0.05) is 5.56 Å². The van der Waals surface area contributed by atoms with Crippen LogP contribution >= 0.6 is 0 Å². The normalized spacial score (nSPS) is 12.2. The molecule has 1 atom stereocenters. The zero-order valence-corrected chi connectivity index (χ0v) is 16.0. The van der Waals surface area contributed by atoms with Crippen LogP contribution in [0.15, 0.2) is 57.7 Å². The number of rotatable bonds is 6. The molecule has 0 saturated carbocycles. The van der Waals surface area contributed by atoms with E-state index in [0.717, 1.165) is 10.2 Å². The molecular weight excluding hydrogens is 361 g/mol. The Bertz CT molecular complexity index is 1000. The molecule has 1 N–H and O–H groups in total. The summed E-state index contributed by atoms with van der Waals surface area (Å²) in [6.07, 6.45) is 0. The lowest BCUT2D eigenvalue weighted by Crippen LogP contribution is -2.33. The highest BCUT2D eigenvalue weighted by molar-refractivity contribution is 5.76. The van der Waals surface area contributed by atoms with E-state index in [1.54, 1.807) is 0 Å². The van der Waals surface area contributed by atoms with Crippen LogP contribution in [0.2, 0.25) is 0 Å². The highest BCUT2D eigenvalue weighted by Gasteiger charge is 2.15. The van der Waals surface area contributed by atoms with E-state index in [2.05, 4.69) is 24.3 Å². The van der Waals surface area contributed by atoms with Crippen molar-refractivity contribution in [3.05, 3.63) is 76.0 Å². The molecule has 28 heavy (non-hydrogen) atoms. The molecule has 0 bridgehead atoms. The topological polar surface area (TPSA) is 77.1 Å². The van der Waals surface area contributed by atoms with Gasteiger partial charge >= 0.3 is 5.76 Å². The minimum atomic E-state index is -0.747. The fourth-order valence-electron chi connectivity index (χ4n) is 2.79. The first-order chi connectivity index (χ1) is 13.3. The molecule has 3 rings (SSSR count). The first-order valence-electron chi connectivity index (χ1n) is 9.06. The fourth-order valence-corrected chi connectivity index (χ4v) is 2.79. The lowest BCUT2D eigenvalue weighted by molar-refractivity contribution is -0.122. The van der Waals surface area contributed by atoms with Crippen LogP contribution < -0.4 is 11.1 Å². The van der Waals surface area contributed by atoms with Gasteiger partial charge in [-0.1, -0.05) is 38.1 Å². The molecule has 0 unspecified atom stereocenters. The molecule has 0 aliphatic heterocycles. The number of carbonyl (C=O) groups is 1. The summed E-state index contributed by atoms with van der Waals surface area (Å²) in [7, 11) is 0. The molecule has 1 heterocycles. The average Bonchev–Trinajstić information content (AvgIpc) is 3.02. The van der Waals surface area contributed by atoms with Gasteiger partial charge in [-0.25, -0.2) is 9.18 Å². The molecule has 0 aliphatic rings. The Labute approximate surface area is 162 Å². The maximum Gasteiger partial charge on any atom is 0.437 e. The molecule has 1 amide bonds. The van der Waals surface area contributed by atoms with E-state index >= 15 is 0 Å². The molecular formula is C21H22FN3O3. The van der Waals surface area contributed by atoms with Crippen molar-refractivity contribution >= 4 is 5.91 Å². The van der Waals surface area contributed by atoms with Gasteiger partial charge in [-0.15, -0.1) is 5.10 Å². The average molecular weight is 383 g/mol. The molecule has 146 valence electrons. The van der Waals surface area contributed by atoms with Gasteiger partial charge in [-0.3, -0.25) is 4.79 Å². The maximum atomic E-state index is 13.0. The van der Waals surface area contributed by atoms with Crippen molar-refractivity contribution in [2.75, 3.05) is 0 Å². The van der Waals surface area contributed by atoms with Crippen molar-refractivity contribution in [3.63, 3.8) is 0 Å². The van der Waals surface area contributed by atoms with E-state index in [1.807, 2.05) is 31.2 Å². The van der Waals surface area contributed by atoms with E-state index in [4.69, 9.17) is 4.42 Å². The zero-order chi connectivity index (χ0) is 20.3. The molecule has 0 fully saturated rings. The first-order valence-corrected chi connectivity index (χ1v) is 9.06. The van der Waals surface area contributed by atoms with Crippen molar-refractivity contribution in [2.24, 2.45) is 0 Å². The Morgan fingerprint density at radius 2 is 1.68 bits per heavy atom. The van der Waals surface area contributed by atoms with Crippen LogP contribution in [0.25, 0.3) is 11.5 Å². The summed E-state index contributed by atoms with van der Waals surface area (Å²) < 4.78 is 19.0. The molecule has 7 heteroatoms. The van der Waals surface area contributed by atoms with Gasteiger partial charge < -0.3 is 9.73 Å². The summed E-state index contributed by atoms with van der Waals surface area (Å²) in [6, 6.07) is 13.2. The number of halogens is 1. The van der Waals surface area contributed by atoms with Crippen molar-refractivity contribution < 1.29 is 13.6 Å². The highest BCUT2D eigenvalue weighted by Crippen LogP contribution is 2.19. The third-order valence-electron chi connectivity index (χ3n) is 4.47. The molecule has 0 aliphatic carbocycles. The van der Waals surface area contributed by atoms with Gasteiger partial charge in [0.25, 0.3) is 0 Å². The monoisotopic (exact) mass is 383 g/mol. The summed E-state index contributed by atoms with van der Waals surface area (Å²) in [6.45, 7) is 5.85. The standard InChI is InChI=1S/C21H22FN3O3/c1-13(2)15-4-6-16(7-5-15)14(3)23-19(26)12-25-21(27)28-20(24-25)17-8-10-18(22)11-9-17/h4-11,13-14H,12H2,1-3H3,(H,23,26)/t14-/m0/s1. The highest BCUT2D eigenvalue weighted by atomic mass is 19.1. The van der Waals surface area contributed by atoms with E-state index in [0.29, 0.717) is 11.5 Å². The molecule has 3 aromatic rings. The second-order valence-electron chi connectivity index (χ2n) is 6.95. The van der Waals surface area contributed by atoms with Crippen LogP contribution in [0.5, 0.6) is 0 Å². The third kappa shape index (κ3) is 4.54. The molecule has 0 radical (unpaired) electrons. The van der Waals surface area contributed by atoms with Crippen LogP contribution in [0.4, 0.5) is 4.39 Å². The SMILES string of the molecule is CC(C)c1ccc([C@H](C)NC(=O)Cn2nc(-c3ccc(F)cc3)oc2=O)cc1. The predicted molar refractivity (Wildman–Crippen MR) is 103 cm³/mol. The molecule has 6 nitrogen and oxygen atoms in total. The van der Waals surface area contributed by atoms with Crippen LogP contribution in [-0.2, 0) is 11.3 Å². The summed E-state index contributed by atoms with van der Waals surface area (Å²) in [5.41, 5.74) is 2.65. The number of benzene rings is 2. The lowest BCUT2D eigenvalue weighted by atomic mass is 9.99. The van der Waals surface area contributed by atoms with Gasteiger partial charge in [-0.05, 0) is 48.2 Å². The first kappa shape index (κ1) is 19.5. The second-order valence-corrected chi connectivity index (χ2v) is 6.95. The Morgan fingerprint density at radius 3 is 2.29 bits per heavy atom. The molecule has 0 saturated heterocycles. The van der Waals surface area contributed by atoms with Crippen molar-refractivity contribution in [3.8, 4) is 11.5 Å². The van der Waals surface area contributed by atoms with E-state index < -0.39 is 11.6 Å². The minimum absolute atomic E-state index is 0.0372. The number of hydrogen-bond acceptors (Lipinski definition) is 4. The summed E-state index contributed by atoms with van der Waals surface area (Å²) in [4.78, 5) is 24.3. The Hall–Kier alpha value is -3.22. The van der Waals surface area contributed by atoms with Gasteiger partial charge in [0.2, 0.25) is 11.8 Å². The van der Waals surface area contributed by atoms with Crippen LogP contribution in [0.3, 0.4) is 0 Å². The smallest absolute Gasteiger partial charge is 0.388 e. The van der Waals surface area contributed by atoms with Gasteiger partial charge in [0.1, 0.15) is 12.4 Å². The number of amides is 1. The lowest BCUT2D eigenvalue weighted by Gasteiger charge is -2.15. The summed E-state index contributed by atoms with van der Waals surface area (Å²) in [5.74, 6) is -1.03. The molecule has 2 aromatic carbocycles. The fraction of sp³-hybridized carbons (Fsp3) is 0.286. The van der Waals surface area contributed by atoms with E-state index in [9.17, 15) is 14.0 Å². The third-order valence-corrected chi connectivity index (χ3v) is 4.47. The zero-order valence-electron chi connectivity index (χ0n) is 16.0. The second kappa shape index (κ2) is 8.21. The van der Waals surface area contributed by atoms with Crippen LogP contribution in [-0.4, -0.2) is 15.7 Å². The van der Waals surface area contributed by atoms with Crippen molar-refractivity contribution in [2.45, 2.75) is 39.3 Å². The summed E-state index contributed by atoms with van der Waals surface area (Å²) >= 11 is 0. The predicted octanol–water partition coefficient (Wildman–Crippen LogP) is 3.64. The Kier molecular flexibility index (Phi) is 5.73. The number of hydrogen-bond donors (Lipinski definition) is 1. The maximum absolute atomic E-state index is 13.0. The minimum Gasteiger partial charge on any atom is -0.388 e.